The minimum absolute atomic E-state index is 0.0352. The van der Waals surface area contributed by atoms with Gasteiger partial charge < -0.3 is 30.1 Å². The number of hydrogen-bond donors (Lipinski definition) is 5. The Bertz CT molecular complexity index is 609. The lowest BCUT2D eigenvalue weighted by Crippen LogP contribution is -2.61. The zero-order valence-corrected chi connectivity index (χ0v) is 16.5. The minimum atomic E-state index is -0.901. The van der Waals surface area contributed by atoms with Gasteiger partial charge >= 0.3 is 0 Å². The van der Waals surface area contributed by atoms with Gasteiger partial charge in [0.05, 0.1) is 13.3 Å². The van der Waals surface area contributed by atoms with E-state index in [1.165, 1.54) is 6.42 Å². The molecule has 2 aliphatic heterocycles. The number of anilines is 1. The Labute approximate surface area is 161 Å². The van der Waals surface area contributed by atoms with Crippen LogP contribution in [0, 0.1) is 0 Å². The van der Waals surface area contributed by atoms with Gasteiger partial charge in [0.1, 0.15) is 18.5 Å². The van der Waals surface area contributed by atoms with Gasteiger partial charge in [-0.1, -0.05) is 0 Å². The molecule has 1 aromatic carbocycles. The summed E-state index contributed by atoms with van der Waals surface area (Å²) in [7, 11) is 3.57. The lowest BCUT2D eigenvalue weighted by Gasteiger charge is -2.37. The summed E-state index contributed by atoms with van der Waals surface area (Å²) in [6, 6.07) is 5.74. The number of nitrogens with one attached hydrogen (secondary N) is 4. The zero-order valence-electron chi connectivity index (χ0n) is 16.5. The molecule has 2 saturated heterocycles. The van der Waals surface area contributed by atoms with Crippen molar-refractivity contribution in [3.8, 4) is 11.5 Å². The number of aliphatic hydroxyl groups is 1. The van der Waals surface area contributed by atoms with E-state index in [-0.39, 0.29) is 19.1 Å². The largest absolute Gasteiger partial charge is 0.493 e. The molecule has 27 heavy (non-hydrogen) atoms. The molecule has 8 nitrogen and oxygen atoms in total. The number of rotatable bonds is 9. The molecule has 0 bridgehead atoms. The summed E-state index contributed by atoms with van der Waals surface area (Å²) in [5.41, 5.74) is 0.0106. The summed E-state index contributed by atoms with van der Waals surface area (Å²) in [6.07, 6.45) is 2.47. The molecule has 5 N–H and O–H groups in total. The average molecular weight is 380 g/mol. The molecule has 0 spiro atoms. The molecule has 152 valence electrons. The molecular weight excluding hydrogens is 346 g/mol. The number of hydrogen-bond acceptors (Lipinski definition) is 8. The van der Waals surface area contributed by atoms with Crippen LogP contribution in [0.3, 0.4) is 0 Å². The van der Waals surface area contributed by atoms with E-state index < -0.39 is 5.60 Å². The fourth-order valence-electron chi connectivity index (χ4n) is 3.38. The highest BCUT2D eigenvalue weighted by Crippen LogP contribution is 2.31. The van der Waals surface area contributed by atoms with Gasteiger partial charge in [-0.05, 0) is 52.0 Å². The first kappa shape index (κ1) is 20.2. The third-order valence-corrected chi connectivity index (χ3v) is 5.02. The molecule has 0 aromatic heterocycles. The highest BCUT2D eigenvalue weighted by Gasteiger charge is 2.28. The Hall–Kier alpha value is -1.58. The van der Waals surface area contributed by atoms with E-state index >= 15 is 0 Å². The summed E-state index contributed by atoms with van der Waals surface area (Å²) < 4.78 is 11.4. The molecule has 0 aliphatic carbocycles. The van der Waals surface area contributed by atoms with E-state index in [4.69, 9.17) is 9.47 Å². The Morgan fingerprint density at radius 3 is 2.81 bits per heavy atom. The second-order valence-electron chi connectivity index (χ2n) is 7.61. The maximum atomic E-state index is 10.6. The van der Waals surface area contributed by atoms with Crippen molar-refractivity contribution in [1.29, 1.82) is 0 Å². The van der Waals surface area contributed by atoms with Gasteiger partial charge in [0.15, 0.2) is 11.5 Å². The number of β-amino-alcohol motifs (C(OH)–C–C–N with tert-alkyl or cyclic N) is 1. The highest BCUT2D eigenvalue weighted by molar-refractivity contribution is 5.55. The molecule has 0 radical (unpaired) electrons. The standard InChI is InChI=1S/C19H33N5O3/c1-19(25,12-24-9-4-10-24)13-27-16-11-14(5-6-15(16)26-3)22-18-21-8-7-17(20-2)23-18/h5-6,11,17-18,20-23,25H,4,7-10,12-13H2,1-3H3. The first-order valence-corrected chi connectivity index (χ1v) is 9.68. The Kier molecular flexibility index (Phi) is 6.78. The van der Waals surface area contributed by atoms with Gasteiger partial charge in [-0.15, -0.1) is 0 Å². The monoisotopic (exact) mass is 379 g/mol. The minimum Gasteiger partial charge on any atom is -0.493 e. The molecule has 3 rings (SSSR count). The summed E-state index contributed by atoms with van der Waals surface area (Å²) in [6.45, 7) is 5.67. The van der Waals surface area contributed by atoms with Crippen molar-refractivity contribution >= 4 is 5.69 Å². The second kappa shape index (κ2) is 9.07. The fourth-order valence-corrected chi connectivity index (χ4v) is 3.38. The van der Waals surface area contributed by atoms with Gasteiger partial charge in [-0.3, -0.25) is 10.6 Å². The van der Waals surface area contributed by atoms with E-state index in [9.17, 15) is 5.11 Å². The van der Waals surface area contributed by atoms with Crippen LogP contribution in [0.1, 0.15) is 19.8 Å². The molecular formula is C19H33N5O3. The molecule has 0 saturated carbocycles. The SMILES string of the molecule is CNC1CCNC(Nc2ccc(OC)c(OCC(C)(O)CN3CCC3)c2)N1. The molecule has 8 heteroatoms. The lowest BCUT2D eigenvalue weighted by atomic mass is 10.1. The quantitative estimate of drug-likeness (QED) is 0.420. The summed E-state index contributed by atoms with van der Waals surface area (Å²) >= 11 is 0. The van der Waals surface area contributed by atoms with Crippen molar-refractivity contribution in [1.82, 2.24) is 20.9 Å². The number of ether oxygens (including phenoxy) is 2. The average Bonchev–Trinajstić information content (AvgIpc) is 2.64. The topological polar surface area (TPSA) is 90.0 Å². The number of nitrogens with zero attached hydrogens (tertiary/aromatic N) is 1. The van der Waals surface area contributed by atoms with Crippen molar-refractivity contribution in [2.45, 2.75) is 37.8 Å². The summed E-state index contributed by atoms with van der Waals surface area (Å²) in [5.74, 6) is 1.27. The molecule has 2 heterocycles. The van der Waals surface area contributed by atoms with E-state index in [1.54, 1.807) is 7.11 Å². The van der Waals surface area contributed by atoms with Gasteiger partial charge in [-0.25, -0.2) is 0 Å². The third-order valence-electron chi connectivity index (χ3n) is 5.02. The zero-order chi connectivity index (χ0) is 19.3. The van der Waals surface area contributed by atoms with Crippen LogP contribution >= 0.6 is 0 Å². The molecule has 2 fully saturated rings. The maximum absolute atomic E-state index is 10.6. The van der Waals surface area contributed by atoms with Crippen LogP contribution in [0.25, 0.3) is 0 Å². The van der Waals surface area contributed by atoms with Crippen molar-refractivity contribution in [3.63, 3.8) is 0 Å². The Morgan fingerprint density at radius 1 is 1.33 bits per heavy atom. The van der Waals surface area contributed by atoms with Crippen LogP contribution in [-0.4, -0.2) is 75.0 Å². The maximum Gasteiger partial charge on any atom is 0.163 e. The first-order valence-electron chi connectivity index (χ1n) is 9.68. The predicted octanol–water partition coefficient (Wildman–Crippen LogP) is 0.355. The summed E-state index contributed by atoms with van der Waals surface area (Å²) in [5, 5.41) is 24.1. The van der Waals surface area contributed by atoms with Crippen molar-refractivity contribution in [3.05, 3.63) is 18.2 Å². The second-order valence-corrected chi connectivity index (χ2v) is 7.61. The number of methoxy groups -OCH3 is 1. The highest BCUT2D eigenvalue weighted by atomic mass is 16.5. The fraction of sp³-hybridized carbons (Fsp3) is 0.684. The van der Waals surface area contributed by atoms with Crippen LogP contribution in [0.5, 0.6) is 11.5 Å². The number of likely N-dealkylation sites (tertiary alicyclic amines) is 1. The molecule has 3 atom stereocenters. The molecule has 0 amide bonds. The summed E-state index contributed by atoms with van der Waals surface area (Å²) in [4.78, 5) is 2.23. The smallest absolute Gasteiger partial charge is 0.163 e. The van der Waals surface area contributed by atoms with E-state index in [0.717, 1.165) is 31.7 Å². The molecule has 2 aliphatic rings. The Balaban J connectivity index is 1.60. The third kappa shape index (κ3) is 5.70. The lowest BCUT2D eigenvalue weighted by molar-refractivity contribution is -0.0310. The van der Waals surface area contributed by atoms with Gasteiger partial charge in [0.25, 0.3) is 0 Å². The normalized spacial score (nSPS) is 25.3. The molecule has 3 unspecified atom stereocenters. The Morgan fingerprint density at radius 2 is 2.15 bits per heavy atom. The number of benzene rings is 1. The van der Waals surface area contributed by atoms with Crippen LogP contribution in [-0.2, 0) is 0 Å². The van der Waals surface area contributed by atoms with Crippen molar-refractivity contribution in [2.24, 2.45) is 0 Å². The van der Waals surface area contributed by atoms with Crippen LogP contribution in [0.4, 0.5) is 5.69 Å². The van der Waals surface area contributed by atoms with Crippen LogP contribution in [0.15, 0.2) is 18.2 Å². The van der Waals surface area contributed by atoms with Gasteiger partial charge in [0.2, 0.25) is 0 Å². The van der Waals surface area contributed by atoms with Crippen LogP contribution in [0.2, 0.25) is 0 Å². The molecule has 1 aromatic rings. The van der Waals surface area contributed by atoms with Crippen LogP contribution < -0.4 is 30.7 Å². The van der Waals surface area contributed by atoms with Gasteiger partial charge in [0, 0.05) is 24.8 Å². The van der Waals surface area contributed by atoms with Crippen molar-refractivity contribution < 1.29 is 14.6 Å². The predicted molar refractivity (Wildman–Crippen MR) is 106 cm³/mol. The van der Waals surface area contributed by atoms with E-state index in [1.807, 2.05) is 32.2 Å². The van der Waals surface area contributed by atoms with E-state index in [2.05, 4.69) is 26.2 Å². The van der Waals surface area contributed by atoms with E-state index in [0.29, 0.717) is 18.0 Å². The van der Waals surface area contributed by atoms with Gasteiger partial charge in [-0.2, -0.15) is 0 Å². The van der Waals surface area contributed by atoms with Crippen molar-refractivity contribution in [2.75, 3.05) is 52.3 Å². The first-order chi connectivity index (χ1) is 13.0.